The number of nitrogens with one attached hydrogen (secondary N) is 1. The third-order valence-corrected chi connectivity index (χ3v) is 4.31. The fraction of sp³-hybridized carbons (Fsp3) is 0.316. The molecule has 122 valence electrons. The Morgan fingerprint density at radius 2 is 1.83 bits per heavy atom. The van der Waals surface area contributed by atoms with Crippen molar-refractivity contribution in [2.75, 3.05) is 20.1 Å². The Hall–Kier alpha value is -1.84. The summed E-state index contributed by atoms with van der Waals surface area (Å²) in [7, 11) is 1.88. The summed E-state index contributed by atoms with van der Waals surface area (Å²) < 4.78 is 0. The second kappa shape index (κ2) is 8.14. The summed E-state index contributed by atoms with van der Waals surface area (Å²) in [5.74, 6) is 0.220. The van der Waals surface area contributed by atoms with Crippen LogP contribution >= 0.6 is 12.4 Å². The Balaban J connectivity index is 0.00000192. The van der Waals surface area contributed by atoms with Crippen molar-refractivity contribution >= 4 is 18.3 Å². The minimum absolute atomic E-state index is 0. The monoisotopic (exact) mass is 330 g/mol. The topological polar surface area (TPSA) is 32.3 Å². The molecule has 3 nitrogen and oxygen atoms in total. The Morgan fingerprint density at radius 3 is 2.57 bits per heavy atom. The molecule has 0 aromatic heterocycles. The van der Waals surface area contributed by atoms with Gasteiger partial charge in [0.15, 0.2) is 0 Å². The first-order chi connectivity index (χ1) is 10.8. The van der Waals surface area contributed by atoms with E-state index in [-0.39, 0.29) is 24.4 Å². The second-order valence-electron chi connectivity index (χ2n) is 5.70. The van der Waals surface area contributed by atoms with Crippen molar-refractivity contribution in [1.82, 2.24) is 10.2 Å². The molecule has 0 spiro atoms. The largest absolute Gasteiger partial charge is 0.331 e. The van der Waals surface area contributed by atoms with Gasteiger partial charge in [-0.05, 0) is 30.2 Å². The SMILES string of the molecule is CNCCC(=O)N1CCc2ccccc2C1c1ccccc1.Cl. The zero-order valence-electron chi connectivity index (χ0n) is 13.4. The van der Waals surface area contributed by atoms with E-state index in [1.165, 1.54) is 16.7 Å². The number of hydrogen-bond donors (Lipinski definition) is 1. The Morgan fingerprint density at radius 1 is 1.13 bits per heavy atom. The van der Waals surface area contributed by atoms with Crippen molar-refractivity contribution in [2.24, 2.45) is 0 Å². The highest BCUT2D eigenvalue weighted by Gasteiger charge is 2.31. The van der Waals surface area contributed by atoms with E-state index in [1.807, 2.05) is 30.1 Å². The van der Waals surface area contributed by atoms with Gasteiger partial charge in [-0.25, -0.2) is 0 Å². The molecule has 0 saturated heterocycles. The fourth-order valence-electron chi connectivity index (χ4n) is 3.21. The van der Waals surface area contributed by atoms with E-state index in [0.717, 1.165) is 19.5 Å². The average Bonchev–Trinajstić information content (AvgIpc) is 2.59. The van der Waals surface area contributed by atoms with Crippen molar-refractivity contribution in [3.63, 3.8) is 0 Å². The van der Waals surface area contributed by atoms with Crippen molar-refractivity contribution in [3.8, 4) is 0 Å². The van der Waals surface area contributed by atoms with Crippen LogP contribution in [0.4, 0.5) is 0 Å². The molecule has 4 heteroatoms. The smallest absolute Gasteiger partial charge is 0.224 e. The van der Waals surface area contributed by atoms with Gasteiger partial charge in [0.25, 0.3) is 0 Å². The molecule has 3 rings (SSSR count). The van der Waals surface area contributed by atoms with Gasteiger partial charge < -0.3 is 10.2 Å². The number of rotatable bonds is 4. The van der Waals surface area contributed by atoms with Crippen LogP contribution < -0.4 is 5.32 Å². The standard InChI is InChI=1S/C19H22N2O.ClH/c1-20-13-11-18(22)21-14-12-15-7-5-6-10-17(15)19(21)16-8-3-2-4-9-16;/h2-10,19-20H,11-14H2,1H3;1H. The van der Waals surface area contributed by atoms with Crippen LogP contribution in [0.15, 0.2) is 54.6 Å². The molecule has 1 atom stereocenters. The molecule has 1 aliphatic rings. The summed E-state index contributed by atoms with van der Waals surface area (Å²) >= 11 is 0. The summed E-state index contributed by atoms with van der Waals surface area (Å²) in [6.07, 6.45) is 1.48. The second-order valence-corrected chi connectivity index (χ2v) is 5.70. The highest BCUT2D eigenvalue weighted by molar-refractivity contribution is 5.85. The lowest BCUT2D eigenvalue weighted by molar-refractivity contribution is -0.133. The first-order valence-corrected chi connectivity index (χ1v) is 7.88. The number of carbonyl (C=O) groups is 1. The first-order valence-electron chi connectivity index (χ1n) is 7.88. The number of halogens is 1. The maximum atomic E-state index is 12.6. The zero-order valence-corrected chi connectivity index (χ0v) is 14.2. The summed E-state index contributed by atoms with van der Waals surface area (Å²) in [5, 5.41) is 3.06. The molecule has 1 amide bonds. The molecule has 2 aromatic rings. The Bertz CT molecular complexity index is 645. The number of amides is 1. The van der Waals surface area contributed by atoms with Crippen LogP contribution in [0.5, 0.6) is 0 Å². The molecule has 1 heterocycles. The number of nitrogens with zero attached hydrogens (tertiary/aromatic N) is 1. The van der Waals surface area contributed by atoms with E-state index >= 15 is 0 Å². The molecule has 1 unspecified atom stereocenters. The quantitative estimate of drug-likeness (QED) is 0.933. The van der Waals surface area contributed by atoms with E-state index in [1.54, 1.807) is 0 Å². The van der Waals surface area contributed by atoms with Crippen LogP contribution in [0.1, 0.15) is 29.2 Å². The highest BCUT2D eigenvalue weighted by Crippen LogP contribution is 2.35. The third kappa shape index (κ3) is 3.74. The van der Waals surface area contributed by atoms with Crippen LogP contribution in [0.2, 0.25) is 0 Å². The van der Waals surface area contributed by atoms with Gasteiger partial charge in [-0.3, -0.25) is 4.79 Å². The van der Waals surface area contributed by atoms with E-state index < -0.39 is 0 Å². The van der Waals surface area contributed by atoms with Gasteiger partial charge in [0.1, 0.15) is 0 Å². The number of carbonyl (C=O) groups excluding carboxylic acids is 1. The predicted octanol–water partition coefficient (Wildman–Crippen LogP) is 3.19. The van der Waals surface area contributed by atoms with E-state index in [2.05, 4.69) is 41.7 Å². The van der Waals surface area contributed by atoms with Gasteiger partial charge in [-0.1, -0.05) is 54.6 Å². The fourth-order valence-corrected chi connectivity index (χ4v) is 3.21. The van der Waals surface area contributed by atoms with Crippen LogP contribution in [0, 0.1) is 0 Å². The first kappa shape index (κ1) is 17.5. The Labute approximate surface area is 144 Å². The van der Waals surface area contributed by atoms with Gasteiger partial charge in [0.05, 0.1) is 6.04 Å². The van der Waals surface area contributed by atoms with Crippen LogP contribution in [-0.2, 0) is 11.2 Å². The minimum atomic E-state index is 0. The Kier molecular flexibility index (Phi) is 6.20. The molecule has 1 aliphatic heterocycles. The summed E-state index contributed by atoms with van der Waals surface area (Å²) in [5.41, 5.74) is 3.80. The average molecular weight is 331 g/mol. The van der Waals surface area contributed by atoms with Crippen LogP contribution in [-0.4, -0.2) is 30.9 Å². The lowest BCUT2D eigenvalue weighted by atomic mass is 9.88. The molecule has 0 bridgehead atoms. The molecule has 0 radical (unpaired) electrons. The third-order valence-electron chi connectivity index (χ3n) is 4.31. The van der Waals surface area contributed by atoms with Crippen molar-refractivity contribution in [1.29, 1.82) is 0 Å². The van der Waals surface area contributed by atoms with E-state index in [0.29, 0.717) is 6.42 Å². The van der Waals surface area contributed by atoms with Gasteiger partial charge >= 0.3 is 0 Å². The predicted molar refractivity (Wildman–Crippen MR) is 95.9 cm³/mol. The lowest BCUT2D eigenvalue weighted by Crippen LogP contribution is -2.41. The molecule has 1 N–H and O–H groups in total. The lowest BCUT2D eigenvalue weighted by Gasteiger charge is -2.38. The van der Waals surface area contributed by atoms with E-state index in [4.69, 9.17) is 0 Å². The summed E-state index contributed by atoms with van der Waals surface area (Å²) in [4.78, 5) is 14.7. The molecule has 23 heavy (non-hydrogen) atoms. The van der Waals surface area contributed by atoms with Gasteiger partial charge in [0.2, 0.25) is 5.91 Å². The van der Waals surface area contributed by atoms with Crippen molar-refractivity contribution < 1.29 is 4.79 Å². The molecule has 0 fully saturated rings. The molecule has 0 aliphatic carbocycles. The molecule has 2 aromatic carbocycles. The summed E-state index contributed by atoms with van der Waals surface area (Å²) in [6.45, 7) is 1.51. The summed E-state index contributed by atoms with van der Waals surface area (Å²) in [6, 6.07) is 18.9. The zero-order chi connectivity index (χ0) is 15.4. The number of hydrogen-bond acceptors (Lipinski definition) is 2. The van der Waals surface area contributed by atoms with Gasteiger partial charge in [-0.15, -0.1) is 12.4 Å². The maximum absolute atomic E-state index is 12.6. The molecular formula is C19H23ClN2O. The van der Waals surface area contributed by atoms with Crippen molar-refractivity contribution in [3.05, 3.63) is 71.3 Å². The van der Waals surface area contributed by atoms with Crippen LogP contribution in [0.25, 0.3) is 0 Å². The number of fused-ring (bicyclic) bond motifs is 1. The van der Waals surface area contributed by atoms with Crippen LogP contribution in [0.3, 0.4) is 0 Å². The van der Waals surface area contributed by atoms with E-state index in [9.17, 15) is 4.79 Å². The number of benzene rings is 2. The van der Waals surface area contributed by atoms with Crippen molar-refractivity contribution in [2.45, 2.75) is 18.9 Å². The highest BCUT2D eigenvalue weighted by atomic mass is 35.5. The molecular weight excluding hydrogens is 308 g/mol. The molecule has 0 saturated carbocycles. The normalized spacial score (nSPS) is 16.4. The maximum Gasteiger partial charge on any atom is 0.224 e. The van der Waals surface area contributed by atoms with Gasteiger partial charge in [0, 0.05) is 19.5 Å². The minimum Gasteiger partial charge on any atom is -0.331 e. The van der Waals surface area contributed by atoms with Gasteiger partial charge in [-0.2, -0.15) is 0 Å².